The van der Waals surface area contributed by atoms with E-state index in [-0.39, 0.29) is 23.4 Å². The van der Waals surface area contributed by atoms with Crippen molar-refractivity contribution in [2.45, 2.75) is 68.8 Å². The fourth-order valence-electron chi connectivity index (χ4n) is 5.43. The van der Waals surface area contributed by atoms with E-state index in [1.807, 2.05) is 0 Å². The van der Waals surface area contributed by atoms with Gasteiger partial charge >= 0.3 is 0 Å². The van der Waals surface area contributed by atoms with Crippen LogP contribution in [0.25, 0.3) is 0 Å². The fourth-order valence-corrected chi connectivity index (χ4v) is 5.60. The number of hydrogen-bond donors (Lipinski definition) is 3. The minimum absolute atomic E-state index is 0.156. The number of halogens is 4. The van der Waals surface area contributed by atoms with E-state index < -0.39 is 52.7 Å². The molecule has 4 nitrogen and oxygen atoms in total. The molecule has 1 amide bonds. The Morgan fingerprint density at radius 2 is 1.93 bits per heavy atom. The van der Waals surface area contributed by atoms with Crippen LogP contribution in [0, 0.1) is 23.0 Å². The molecular formula is C20H24ClF3N2O2. The second-order valence-corrected chi connectivity index (χ2v) is 9.20. The molecule has 1 aromatic carbocycles. The van der Waals surface area contributed by atoms with Crippen molar-refractivity contribution in [1.29, 1.82) is 0 Å². The van der Waals surface area contributed by atoms with Gasteiger partial charge in [0.05, 0.1) is 17.2 Å². The summed E-state index contributed by atoms with van der Waals surface area (Å²) in [6, 6.07) is 0.663. The molecule has 8 heteroatoms. The predicted octanol–water partition coefficient (Wildman–Crippen LogP) is 3.55. The minimum atomic E-state index is -1.35. The van der Waals surface area contributed by atoms with Crippen LogP contribution in [0.15, 0.2) is 12.1 Å². The SMILES string of the molecule is N[C@H]1C[C@H](C(=O)N[C@H](c2c(F)ccc(Cl)c2F)C23CCC(F)(CC2)C3)C[C@H]1O. The van der Waals surface area contributed by atoms with E-state index in [0.717, 1.165) is 12.1 Å². The van der Waals surface area contributed by atoms with Crippen LogP contribution in [0.2, 0.25) is 5.02 Å². The van der Waals surface area contributed by atoms with E-state index in [2.05, 4.69) is 5.32 Å². The van der Waals surface area contributed by atoms with Gasteiger partial charge in [-0.15, -0.1) is 0 Å². The molecule has 3 saturated carbocycles. The zero-order valence-electron chi connectivity index (χ0n) is 15.4. The van der Waals surface area contributed by atoms with Crippen LogP contribution in [-0.2, 0) is 4.79 Å². The van der Waals surface area contributed by atoms with E-state index in [1.165, 1.54) is 0 Å². The average Bonchev–Trinajstić information content (AvgIpc) is 3.29. The Kier molecular flexibility index (Phi) is 4.91. The maximum atomic E-state index is 14.9. The van der Waals surface area contributed by atoms with Crippen molar-refractivity contribution in [1.82, 2.24) is 5.32 Å². The quantitative estimate of drug-likeness (QED) is 0.657. The Hall–Kier alpha value is -1.31. The number of fused-ring (bicyclic) bond motifs is 2. The molecule has 4 rings (SSSR count). The highest BCUT2D eigenvalue weighted by Gasteiger charge is 2.59. The number of alkyl halides is 1. The van der Waals surface area contributed by atoms with Crippen molar-refractivity contribution < 1.29 is 23.1 Å². The van der Waals surface area contributed by atoms with Crippen molar-refractivity contribution >= 4 is 17.5 Å². The number of benzene rings is 1. The summed E-state index contributed by atoms with van der Waals surface area (Å²) in [5.74, 6) is -2.71. The van der Waals surface area contributed by atoms with Crippen molar-refractivity contribution in [3.8, 4) is 0 Å². The lowest BCUT2D eigenvalue weighted by Gasteiger charge is -2.37. The molecule has 28 heavy (non-hydrogen) atoms. The third kappa shape index (κ3) is 3.21. The van der Waals surface area contributed by atoms with Gasteiger partial charge in [0.15, 0.2) is 0 Å². The summed E-state index contributed by atoms with van der Waals surface area (Å²) in [6.07, 6.45) is 1.36. The molecule has 4 atom stereocenters. The zero-order chi connectivity index (χ0) is 20.3. The first kappa shape index (κ1) is 20.0. The lowest BCUT2D eigenvalue weighted by molar-refractivity contribution is -0.127. The van der Waals surface area contributed by atoms with Gasteiger partial charge < -0.3 is 16.2 Å². The van der Waals surface area contributed by atoms with E-state index in [1.54, 1.807) is 0 Å². The van der Waals surface area contributed by atoms with Gasteiger partial charge in [-0.1, -0.05) is 11.6 Å². The minimum Gasteiger partial charge on any atom is -0.391 e. The summed E-state index contributed by atoms with van der Waals surface area (Å²) in [5, 5.41) is 12.4. The van der Waals surface area contributed by atoms with Gasteiger partial charge in [0.25, 0.3) is 0 Å². The Bertz CT molecular complexity index is 788. The number of carbonyl (C=O) groups is 1. The lowest BCUT2D eigenvalue weighted by Crippen LogP contribution is -2.42. The van der Waals surface area contributed by atoms with Gasteiger partial charge in [0, 0.05) is 17.5 Å². The molecule has 3 aliphatic carbocycles. The highest BCUT2D eigenvalue weighted by molar-refractivity contribution is 6.30. The van der Waals surface area contributed by atoms with Gasteiger partial charge in [-0.25, -0.2) is 13.2 Å². The molecule has 154 valence electrons. The molecule has 0 radical (unpaired) electrons. The van der Waals surface area contributed by atoms with Crippen molar-refractivity contribution in [3.05, 3.63) is 34.4 Å². The van der Waals surface area contributed by atoms with E-state index >= 15 is 0 Å². The lowest BCUT2D eigenvalue weighted by atomic mass is 9.74. The first-order valence-electron chi connectivity index (χ1n) is 9.70. The molecule has 0 heterocycles. The topological polar surface area (TPSA) is 75.4 Å². The number of aliphatic hydroxyl groups is 1. The summed E-state index contributed by atoms with van der Waals surface area (Å²) < 4.78 is 44.4. The van der Waals surface area contributed by atoms with Crippen LogP contribution in [0.4, 0.5) is 13.2 Å². The van der Waals surface area contributed by atoms with E-state index in [9.17, 15) is 23.1 Å². The molecule has 3 aliphatic rings. The molecule has 0 saturated heterocycles. The number of carbonyl (C=O) groups excluding carboxylic acids is 1. The third-order valence-corrected chi connectivity index (χ3v) is 7.32. The van der Waals surface area contributed by atoms with Crippen molar-refractivity contribution in [2.24, 2.45) is 17.1 Å². The van der Waals surface area contributed by atoms with E-state index in [0.29, 0.717) is 32.1 Å². The van der Waals surface area contributed by atoms with Crippen LogP contribution in [0.1, 0.15) is 56.6 Å². The Balaban J connectivity index is 1.70. The maximum Gasteiger partial charge on any atom is 0.223 e. The van der Waals surface area contributed by atoms with Gasteiger partial charge in [-0.05, 0) is 62.5 Å². The summed E-state index contributed by atoms with van der Waals surface area (Å²) in [6.45, 7) is 0. The van der Waals surface area contributed by atoms with Crippen molar-refractivity contribution in [3.63, 3.8) is 0 Å². The van der Waals surface area contributed by atoms with Crippen LogP contribution in [0.5, 0.6) is 0 Å². The Morgan fingerprint density at radius 1 is 1.25 bits per heavy atom. The number of rotatable bonds is 4. The second-order valence-electron chi connectivity index (χ2n) is 8.79. The summed E-state index contributed by atoms with van der Waals surface area (Å²) >= 11 is 5.89. The average molecular weight is 417 g/mol. The molecule has 0 aromatic heterocycles. The highest BCUT2D eigenvalue weighted by Crippen LogP contribution is 2.63. The number of aliphatic hydroxyl groups excluding tert-OH is 1. The van der Waals surface area contributed by atoms with Crippen LogP contribution in [0.3, 0.4) is 0 Å². The molecule has 0 aliphatic heterocycles. The molecule has 0 unspecified atom stereocenters. The summed E-state index contributed by atoms with van der Waals surface area (Å²) in [7, 11) is 0. The zero-order valence-corrected chi connectivity index (χ0v) is 16.1. The van der Waals surface area contributed by atoms with Crippen LogP contribution >= 0.6 is 11.6 Å². The molecule has 3 fully saturated rings. The van der Waals surface area contributed by atoms with Gasteiger partial charge in [0.1, 0.15) is 17.3 Å². The van der Waals surface area contributed by atoms with Crippen molar-refractivity contribution in [2.75, 3.05) is 0 Å². The van der Waals surface area contributed by atoms with Crippen LogP contribution < -0.4 is 11.1 Å². The molecule has 1 aromatic rings. The number of nitrogens with one attached hydrogen (secondary N) is 1. The van der Waals surface area contributed by atoms with Gasteiger partial charge in [-0.2, -0.15) is 0 Å². The predicted molar refractivity (Wildman–Crippen MR) is 98.3 cm³/mol. The summed E-state index contributed by atoms with van der Waals surface area (Å²) in [4.78, 5) is 12.9. The molecule has 0 spiro atoms. The standard InChI is InChI=1S/C20H24ClF3N2O2/c21-11-1-2-12(22)15(16(11)23)17(19-3-5-20(24,9-19)6-4-19)26-18(28)10-7-13(25)14(27)8-10/h1-2,10,13-14,17,27H,3-9,25H2,(H,26,28)/t10-,13-,14+,17+,19?,20?/m0/s1. The molecule has 2 bridgehead atoms. The molecular weight excluding hydrogens is 393 g/mol. The largest absolute Gasteiger partial charge is 0.391 e. The first-order valence-corrected chi connectivity index (χ1v) is 10.1. The van der Waals surface area contributed by atoms with Gasteiger partial charge in [-0.3, -0.25) is 4.79 Å². The number of hydrogen-bond acceptors (Lipinski definition) is 3. The highest BCUT2D eigenvalue weighted by atomic mass is 35.5. The summed E-state index contributed by atoms with van der Waals surface area (Å²) in [5.41, 5.74) is 3.39. The second kappa shape index (κ2) is 6.89. The monoisotopic (exact) mass is 416 g/mol. The first-order chi connectivity index (χ1) is 13.1. The number of nitrogens with two attached hydrogens (primary N) is 1. The normalized spacial score (nSPS) is 38.0. The third-order valence-electron chi connectivity index (χ3n) is 7.03. The fraction of sp³-hybridized carbons (Fsp3) is 0.650. The smallest absolute Gasteiger partial charge is 0.223 e. The van der Waals surface area contributed by atoms with E-state index in [4.69, 9.17) is 17.3 Å². The van der Waals surface area contributed by atoms with Gasteiger partial charge in [0.2, 0.25) is 5.91 Å². The van der Waals surface area contributed by atoms with Crippen LogP contribution in [-0.4, -0.2) is 28.8 Å². The number of amides is 1. The Labute approximate surface area is 166 Å². The Morgan fingerprint density at radius 3 is 2.46 bits per heavy atom. The maximum absolute atomic E-state index is 14.9. The molecule has 4 N–H and O–H groups in total.